The topological polar surface area (TPSA) is 52.5 Å². The molecule has 1 aliphatic rings. The fourth-order valence-electron chi connectivity index (χ4n) is 2.60. The summed E-state index contributed by atoms with van der Waals surface area (Å²) in [7, 11) is 0. The van der Waals surface area contributed by atoms with Gasteiger partial charge in [0, 0.05) is 38.1 Å². The van der Waals surface area contributed by atoms with Crippen LogP contribution in [0.1, 0.15) is 0 Å². The van der Waals surface area contributed by atoms with Crippen LogP contribution in [-0.4, -0.2) is 59.3 Å². The van der Waals surface area contributed by atoms with Crippen LogP contribution >= 0.6 is 11.6 Å². The van der Waals surface area contributed by atoms with Crippen molar-refractivity contribution in [2.75, 3.05) is 44.2 Å². The zero-order valence-corrected chi connectivity index (χ0v) is 11.9. The molecule has 0 amide bonds. The van der Waals surface area contributed by atoms with Crippen LogP contribution in [0.15, 0.2) is 24.3 Å². The van der Waals surface area contributed by atoms with Crippen LogP contribution in [0.3, 0.4) is 0 Å². The molecule has 20 heavy (non-hydrogen) atoms. The average Bonchev–Trinajstić information content (AvgIpc) is 2.47. The summed E-state index contributed by atoms with van der Waals surface area (Å²) in [6, 6.07) is 7.93. The molecule has 1 aromatic carbocycles. The van der Waals surface area contributed by atoms with Crippen LogP contribution in [0.5, 0.6) is 0 Å². The Morgan fingerprint density at radius 1 is 1.10 bits per heavy atom. The van der Waals surface area contributed by atoms with Crippen molar-refractivity contribution in [3.8, 4) is 0 Å². The highest BCUT2D eigenvalue weighted by Gasteiger charge is 2.20. The van der Waals surface area contributed by atoms with E-state index in [0.29, 0.717) is 0 Å². The molecule has 0 saturated carbocycles. The van der Waals surface area contributed by atoms with Crippen molar-refractivity contribution in [1.82, 2.24) is 14.9 Å². The van der Waals surface area contributed by atoms with Crippen LogP contribution < -0.4 is 4.90 Å². The minimum Gasteiger partial charge on any atom is -0.395 e. The second kappa shape index (κ2) is 5.91. The molecule has 0 spiro atoms. The first-order chi connectivity index (χ1) is 9.78. The van der Waals surface area contributed by atoms with E-state index < -0.39 is 0 Å². The van der Waals surface area contributed by atoms with Gasteiger partial charge in [0.05, 0.1) is 12.1 Å². The van der Waals surface area contributed by atoms with Crippen LogP contribution in [0.25, 0.3) is 10.9 Å². The highest BCUT2D eigenvalue weighted by atomic mass is 35.5. The number of aliphatic hydroxyl groups is 1. The van der Waals surface area contributed by atoms with Gasteiger partial charge in [0.1, 0.15) is 5.82 Å². The fourth-order valence-corrected chi connectivity index (χ4v) is 2.77. The summed E-state index contributed by atoms with van der Waals surface area (Å²) in [5, 5.41) is 10.3. The van der Waals surface area contributed by atoms with Crippen molar-refractivity contribution >= 4 is 28.3 Å². The summed E-state index contributed by atoms with van der Waals surface area (Å²) in [6.45, 7) is 4.57. The summed E-state index contributed by atoms with van der Waals surface area (Å²) in [6.07, 6.45) is 0. The maximum atomic E-state index is 8.99. The minimum absolute atomic E-state index is 0.211. The Bertz CT molecular complexity index is 599. The van der Waals surface area contributed by atoms with Gasteiger partial charge in [-0.25, -0.2) is 4.98 Å². The summed E-state index contributed by atoms with van der Waals surface area (Å²) >= 11 is 6.03. The number of rotatable bonds is 3. The van der Waals surface area contributed by atoms with Crippen LogP contribution in [-0.2, 0) is 0 Å². The van der Waals surface area contributed by atoms with E-state index in [1.54, 1.807) is 0 Å². The fraction of sp³-hybridized carbons (Fsp3) is 0.429. The van der Waals surface area contributed by atoms with Crippen molar-refractivity contribution in [3.05, 3.63) is 29.5 Å². The molecule has 0 unspecified atom stereocenters. The first kappa shape index (κ1) is 13.5. The lowest BCUT2D eigenvalue weighted by molar-refractivity contribution is 0.188. The lowest BCUT2D eigenvalue weighted by atomic mass is 10.2. The molecule has 6 heteroatoms. The molecule has 0 bridgehead atoms. The third-order valence-corrected chi connectivity index (χ3v) is 3.81. The molecule has 2 heterocycles. The lowest BCUT2D eigenvalue weighted by Gasteiger charge is -2.35. The summed E-state index contributed by atoms with van der Waals surface area (Å²) in [5.74, 6) is 0.907. The molecule has 1 fully saturated rings. The number of aromatic nitrogens is 2. The van der Waals surface area contributed by atoms with E-state index in [1.165, 1.54) is 0 Å². The number of nitrogens with zero attached hydrogens (tertiary/aromatic N) is 4. The number of benzene rings is 1. The van der Waals surface area contributed by atoms with E-state index in [2.05, 4.69) is 19.8 Å². The summed E-state index contributed by atoms with van der Waals surface area (Å²) in [4.78, 5) is 13.2. The first-order valence-electron chi connectivity index (χ1n) is 6.78. The van der Waals surface area contributed by atoms with E-state index in [4.69, 9.17) is 16.7 Å². The van der Waals surface area contributed by atoms with Crippen molar-refractivity contribution in [2.24, 2.45) is 0 Å². The van der Waals surface area contributed by atoms with E-state index in [0.717, 1.165) is 49.4 Å². The van der Waals surface area contributed by atoms with E-state index >= 15 is 0 Å². The number of para-hydroxylation sites is 1. The minimum atomic E-state index is 0.211. The normalized spacial score (nSPS) is 16.8. The van der Waals surface area contributed by atoms with Gasteiger partial charge in [-0.05, 0) is 23.7 Å². The summed E-state index contributed by atoms with van der Waals surface area (Å²) < 4.78 is 0. The van der Waals surface area contributed by atoms with Gasteiger partial charge in [-0.1, -0.05) is 12.1 Å². The molecule has 0 atom stereocenters. The Hall–Kier alpha value is -1.43. The quantitative estimate of drug-likeness (QED) is 0.867. The molecule has 1 saturated heterocycles. The predicted octanol–water partition coefficient (Wildman–Crippen LogP) is 1.40. The van der Waals surface area contributed by atoms with Crippen molar-refractivity contribution in [2.45, 2.75) is 0 Å². The van der Waals surface area contributed by atoms with Gasteiger partial charge in [-0.2, -0.15) is 4.98 Å². The standard InChI is InChI=1S/C14H17ClN4O/c15-14-16-12-4-2-1-3-11(12)13(17-14)19-7-5-18(6-8-19)9-10-20/h1-4,20H,5-10H2. The van der Waals surface area contributed by atoms with Crippen molar-refractivity contribution < 1.29 is 5.11 Å². The Balaban J connectivity index is 1.87. The van der Waals surface area contributed by atoms with E-state index in [1.807, 2.05) is 24.3 Å². The first-order valence-corrected chi connectivity index (χ1v) is 7.16. The molecule has 3 rings (SSSR count). The highest BCUT2D eigenvalue weighted by Crippen LogP contribution is 2.25. The number of hydrogen-bond acceptors (Lipinski definition) is 5. The molecule has 2 aromatic rings. The molecule has 106 valence electrons. The Morgan fingerprint density at radius 2 is 1.85 bits per heavy atom. The van der Waals surface area contributed by atoms with Crippen molar-refractivity contribution in [1.29, 1.82) is 0 Å². The summed E-state index contributed by atoms with van der Waals surface area (Å²) in [5.41, 5.74) is 0.875. The second-order valence-electron chi connectivity index (χ2n) is 4.89. The highest BCUT2D eigenvalue weighted by molar-refractivity contribution is 6.28. The molecular weight excluding hydrogens is 276 g/mol. The molecule has 1 aliphatic heterocycles. The van der Waals surface area contributed by atoms with Gasteiger partial charge in [-0.15, -0.1) is 0 Å². The third-order valence-electron chi connectivity index (χ3n) is 3.64. The van der Waals surface area contributed by atoms with Gasteiger partial charge >= 0.3 is 0 Å². The maximum absolute atomic E-state index is 8.99. The van der Waals surface area contributed by atoms with E-state index in [9.17, 15) is 0 Å². The Labute approximate surface area is 122 Å². The van der Waals surface area contributed by atoms with Crippen LogP contribution in [0.4, 0.5) is 5.82 Å². The molecule has 5 nitrogen and oxygen atoms in total. The van der Waals surface area contributed by atoms with Gasteiger partial charge in [0.2, 0.25) is 5.28 Å². The zero-order chi connectivity index (χ0) is 13.9. The molecular formula is C14H17ClN4O. The van der Waals surface area contributed by atoms with Gasteiger partial charge in [-0.3, -0.25) is 4.90 Å². The zero-order valence-electron chi connectivity index (χ0n) is 11.2. The third kappa shape index (κ3) is 2.70. The second-order valence-corrected chi connectivity index (χ2v) is 5.22. The SMILES string of the molecule is OCCN1CCN(c2nc(Cl)nc3ccccc23)CC1. The van der Waals surface area contributed by atoms with Crippen molar-refractivity contribution in [3.63, 3.8) is 0 Å². The molecule has 1 N–H and O–H groups in total. The Morgan fingerprint density at radius 3 is 2.60 bits per heavy atom. The van der Waals surface area contributed by atoms with E-state index in [-0.39, 0.29) is 11.9 Å². The number of aliphatic hydroxyl groups excluding tert-OH is 1. The molecule has 1 aromatic heterocycles. The number of fused-ring (bicyclic) bond motifs is 1. The van der Waals surface area contributed by atoms with Gasteiger partial charge < -0.3 is 10.0 Å². The van der Waals surface area contributed by atoms with Crippen LogP contribution in [0.2, 0.25) is 5.28 Å². The maximum Gasteiger partial charge on any atom is 0.224 e. The van der Waals surface area contributed by atoms with Gasteiger partial charge in [0.25, 0.3) is 0 Å². The monoisotopic (exact) mass is 292 g/mol. The largest absolute Gasteiger partial charge is 0.395 e. The van der Waals surface area contributed by atoms with Crippen LogP contribution in [0, 0.1) is 0 Å². The average molecular weight is 293 g/mol. The number of anilines is 1. The lowest BCUT2D eigenvalue weighted by Crippen LogP contribution is -2.47. The molecule has 0 aliphatic carbocycles. The smallest absolute Gasteiger partial charge is 0.224 e. The number of halogens is 1. The number of hydrogen-bond donors (Lipinski definition) is 1. The predicted molar refractivity (Wildman–Crippen MR) is 80.3 cm³/mol. The number of β-amino-alcohol motifs (C(OH)–C–C–N with tert-alkyl or cyclic N) is 1. The Kier molecular flexibility index (Phi) is 4.00. The molecule has 0 radical (unpaired) electrons. The van der Waals surface area contributed by atoms with Gasteiger partial charge in [0.15, 0.2) is 0 Å². The number of piperazine rings is 1.